The predicted molar refractivity (Wildman–Crippen MR) is 82.6 cm³/mol. The standard InChI is InChI=1S/C15H30O3Si/c1-6-7-8-9-10-11-12-19(17-4,18-5)13-15(16)14(2)3/h2,6-13H2,1,3-5H3. The molecule has 0 unspecified atom stereocenters. The lowest BCUT2D eigenvalue weighted by Crippen LogP contribution is -2.42. The summed E-state index contributed by atoms with van der Waals surface area (Å²) in [6, 6.07) is 1.29. The van der Waals surface area contributed by atoms with Gasteiger partial charge in [0.15, 0.2) is 5.78 Å². The van der Waals surface area contributed by atoms with Crippen LogP contribution in [-0.2, 0) is 13.6 Å². The minimum Gasteiger partial charge on any atom is -0.397 e. The highest BCUT2D eigenvalue weighted by molar-refractivity contribution is 6.71. The summed E-state index contributed by atoms with van der Waals surface area (Å²) in [5.74, 6) is 0.0707. The molecule has 0 rings (SSSR count). The Morgan fingerprint density at radius 3 is 2.05 bits per heavy atom. The second kappa shape index (κ2) is 10.3. The van der Waals surface area contributed by atoms with Crippen LogP contribution in [0.4, 0.5) is 0 Å². The van der Waals surface area contributed by atoms with Gasteiger partial charge in [0, 0.05) is 14.2 Å². The third-order valence-electron chi connectivity index (χ3n) is 3.56. The molecule has 0 saturated heterocycles. The molecule has 3 nitrogen and oxygen atoms in total. The quantitative estimate of drug-likeness (QED) is 0.306. The van der Waals surface area contributed by atoms with Crippen LogP contribution in [0.5, 0.6) is 0 Å². The van der Waals surface area contributed by atoms with Crippen molar-refractivity contribution in [2.45, 2.75) is 64.5 Å². The minimum absolute atomic E-state index is 0.0707. The monoisotopic (exact) mass is 286 g/mol. The molecule has 112 valence electrons. The fourth-order valence-corrected chi connectivity index (χ4v) is 4.71. The first-order valence-corrected chi connectivity index (χ1v) is 9.53. The smallest absolute Gasteiger partial charge is 0.345 e. The molecule has 0 aromatic rings. The van der Waals surface area contributed by atoms with Gasteiger partial charge in [-0.05, 0) is 18.5 Å². The van der Waals surface area contributed by atoms with Gasteiger partial charge in [-0.25, -0.2) is 0 Å². The zero-order valence-electron chi connectivity index (χ0n) is 13.1. The SMILES string of the molecule is C=C(C)C(=O)C[Si](CCCCCCCC)(OC)OC. The number of rotatable bonds is 12. The van der Waals surface area contributed by atoms with Crippen molar-refractivity contribution >= 4 is 14.3 Å². The van der Waals surface area contributed by atoms with E-state index in [1.165, 1.54) is 32.1 Å². The molecule has 0 aliphatic heterocycles. The number of allylic oxidation sites excluding steroid dienone is 1. The first-order valence-electron chi connectivity index (χ1n) is 7.30. The number of ketones is 1. The summed E-state index contributed by atoms with van der Waals surface area (Å²) in [6.45, 7) is 7.67. The Kier molecular flexibility index (Phi) is 10.1. The van der Waals surface area contributed by atoms with Crippen LogP contribution in [0.2, 0.25) is 12.1 Å². The minimum atomic E-state index is -2.35. The van der Waals surface area contributed by atoms with Crippen molar-refractivity contribution in [2.24, 2.45) is 0 Å². The number of carbonyl (C=O) groups is 1. The zero-order valence-corrected chi connectivity index (χ0v) is 14.1. The van der Waals surface area contributed by atoms with Gasteiger partial charge in [0.05, 0.1) is 6.04 Å². The molecular formula is C15H30O3Si. The number of hydrogen-bond donors (Lipinski definition) is 0. The van der Waals surface area contributed by atoms with E-state index in [1.54, 1.807) is 21.1 Å². The lowest BCUT2D eigenvalue weighted by molar-refractivity contribution is -0.114. The summed E-state index contributed by atoms with van der Waals surface area (Å²) in [5.41, 5.74) is 0.592. The van der Waals surface area contributed by atoms with Gasteiger partial charge < -0.3 is 8.85 Å². The largest absolute Gasteiger partial charge is 0.397 e. The van der Waals surface area contributed by atoms with Gasteiger partial charge in [0.25, 0.3) is 0 Å². The van der Waals surface area contributed by atoms with Crippen LogP contribution in [0.3, 0.4) is 0 Å². The predicted octanol–water partition coefficient (Wildman–Crippen LogP) is 4.23. The molecule has 0 bridgehead atoms. The van der Waals surface area contributed by atoms with Crippen molar-refractivity contribution in [3.05, 3.63) is 12.2 Å². The molecule has 0 aliphatic rings. The maximum absolute atomic E-state index is 11.8. The molecule has 0 fully saturated rings. The van der Waals surface area contributed by atoms with E-state index in [0.717, 1.165) is 12.5 Å². The summed E-state index contributed by atoms with van der Waals surface area (Å²) in [6.07, 6.45) is 7.42. The van der Waals surface area contributed by atoms with Crippen molar-refractivity contribution in [3.63, 3.8) is 0 Å². The Hall–Kier alpha value is -0.453. The van der Waals surface area contributed by atoms with Gasteiger partial charge in [-0.1, -0.05) is 52.0 Å². The topological polar surface area (TPSA) is 35.5 Å². The first-order chi connectivity index (χ1) is 9.01. The summed E-state index contributed by atoms with van der Waals surface area (Å²) in [5, 5.41) is 0. The van der Waals surface area contributed by atoms with Gasteiger partial charge in [-0.2, -0.15) is 0 Å². The normalized spacial score (nSPS) is 11.6. The number of hydrogen-bond acceptors (Lipinski definition) is 3. The summed E-state index contributed by atoms with van der Waals surface area (Å²) in [7, 11) is 0.982. The van der Waals surface area contributed by atoms with Crippen LogP contribution in [0.25, 0.3) is 0 Å². The zero-order chi connectivity index (χ0) is 14.7. The molecule has 0 aromatic carbocycles. The Labute approximate surface area is 119 Å². The highest BCUT2D eigenvalue weighted by Gasteiger charge is 2.37. The molecular weight excluding hydrogens is 256 g/mol. The Morgan fingerprint density at radius 1 is 1.05 bits per heavy atom. The molecule has 0 atom stereocenters. The highest BCUT2D eigenvalue weighted by atomic mass is 28.4. The molecule has 0 spiro atoms. The summed E-state index contributed by atoms with van der Waals surface area (Å²) in [4.78, 5) is 11.8. The van der Waals surface area contributed by atoms with E-state index < -0.39 is 8.56 Å². The van der Waals surface area contributed by atoms with Crippen molar-refractivity contribution in [1.29, 1.82) is 0 Å². The molecule has 0 N–H and O–H groups in total. The molecule has 0 saturated carbocycles. The van der Waals surface area contributed by atoms with Crippen molar-refractivity contribution in [1.82, 2.24) is 0 Å². The molecule has 19 heavy (non-hydrogen) atoms. The second-order valence-electron chi connectivity index (χ2n) is 5.22. The van der Waals surface area contributed by atoms with Gasteiger partial charge >= 0.3 is 8.56 Å². The van der Waals surface area contributed by atoms with E-state index in [1.807, 2.05) is 0 Å². The lowest BCUT2D eigenvalue weighted by Gasteiger charge is -2.26. The van der Waals surface area contributed by atoms with Gasteiger partial charge in [-0.15, -0.1) is 0 Å². The van der Waals surface area contributed by atoms with Crippen molar-refractivity contribution < 1.29 is 13.6 Å². The van der Waals surface area contributed by atoms with Crippen molar-refractivity contribution in [2.75, 3.05) is 14.2 Å². The average Bonchev–Trinajstić information content (AvgIpc) is 2.41. The van der Waals surface area contributed by atoms with Crippen LogP contribution in [0.1, 0.15) is 52.4 Å². The van der Waals surface area contributed by atoms with E-state index >= 15 is 0 Å². The fraction of sp³-hybridized carbons (Fsp3) is 0.800. The van der Waals surface area contributed by atoms with E-state index in [4.69, 9.17) is 8.85 Å². The van der Waals surface area contributed by atoms with Crippen LogP contribution < -0.4 is 0 Å². The first kappa shape index (κ1) is 18.5. The number of carbonyl (C=O) groups excluding carboxylic acids is 1. The maximum Gasteiger partial charge on any atom is 0.345 e. The van der Waals surface area contributed by atoms with E-state index in [2.05, 4.69) is 13.5 Å². The summed E-state index contributed by atoms with van der Waals surface area (Å²) >= 11 is 0. The van der Waals surface area contributed by atoms with Gasteiger partial charge in [-0.3, -0.25) is 4.79 Å². The van der Waals surface area contributed by atoms with E-state index in [0.29, 0.717) is 11.6 Å². The lowest BCUT2D eigenvalue weighted by atomic mass is 10.1. The molecule has 0 heterocycles. The van der Waals surface area contributed by atoms with Crippen LogP contribution >= 0.6 is 0 Å². The summed E-state index contributed by atoms with van der Waals surface area (Å²) < 4.78 is 11.2. The Morgan fingerprint density at radius 2 is 1.58 bits per heavy atom. The molecule has 0 radical (unpaired) electrons. The second-order valence-corrected chi connectivity index (χ2v) is 8.71. The van der Waals surface area contributed by atoms with Crippen LogP contribution in [0, 0.1) is 0 Å². The van der Waals surface area contributed by atoms with Gasteiger partial charge in [0.2, 0.25) is 0 Å². The van der Waals surface area contributed by atoms with Gasteiger partial charge in [0.1, 0.15) is 0 Å². The molecule has 0 amide bonds. The van der Waals surface area contributed by atoms with Crippen LogP contribution in [-0.4, -0.2) is 28.6 Å². The average molecular weight is 286 g/mol. The molecule has 0 aliphatic carbocycles. The Balaban J connectivity index is 4.16. The van der Waals surface area contributed by atoms with Crippen molar-refractivity contribution in [3.8, 4) is 0 Å². The molecule has 0 aromatic heterocycles. The fourth-order valence-electron chi connectivity index (χ4n) is 2.09. The van der Waals surface area contributed by atoms with E-state index in [-0.39, 0.29) is 5.78 Å². The maximum atomic E-state index is 11.8. The highest BCUT2D eigenvalue weighted by Crippen LogP contribution is 2.23. The number of Topliss-reactive ketones (excluding diaryl/α,β-unsaturated/α-hetero) is 1. The Bertz CT molecular complexity index is 273. The van der Waals surface area contributed by atoms with Crippen LogP contribution in [0.15, 0.2) is 12.2 Å². The third kappa shape index (κ3) is 7.65. The molecule has 4 heteroatoms. The number of unbranched alkanes of at least 4 members (excludes halogenated alkanes) is 5. The third-order valence-corrected chi connectivity index (χ3v) is 7.02. The van der Waals surface area contributed by atoms with E-state index in [9.17, 15) is 4.79 Å².